The van der Waals surface area contributed by atoms with Crippen molar-refractivity contribution in [3.63, 3.8) is 0 Å². The molecular weight excluding hydrogens is 324 g/mol. The lowest BCUT2D eigenvalue weighted by Crippen LogP contribution is -2.48. The van der Waals surface area contributed by atoms with Crippen LogP contribution in [0.2, 0.25) is 0 Å². The zero-order valence-corrected chi connectivity index (χ0v) is 16.7. The molecule has 6 nitrogen and oxygen atoms in total. The lowest BCUT2D eigenvalue weighted by atomic mass is 10.2. The zero-order valence-electron chi connectivity index (χ0n) is 15.9. The van der Waals surface area contributed by atoms with Gasteiger partial charge in [0.25, 0.3) is 0 Å². The summed E-state index contributed by atoms with van der Waals surface area (Å²) in [5.41, 5.74) is -0.466. The summed E-state index contributed by atoms with van der Waals surface area (Å²) in [5, 5.41) is 6.77. The SMILES string of the molecule is CCCN(CCNC(=NC)NC1CCCSC1)C(=O)OC(C)(C)C. The molecule has 0 aromatic heterocycles. The summed E-state index contributed by atoms with van der Waals surface area (Å²) in [4.78, 5) is 18.3. The first-order valence-corrected chi connectivity index (χ1v) is 10.0. The first-order chi connectivity index (χ1) is 11.4. The molecule has 0 aliphatic carbocycles. The van der Waals surface area contributed by atoms with Crippen molar-refractivity contribution in [3.05, 3.63) is 0 Å². The van der Waals surface area contributed by atoms with E-state index in [0.717, 1.165) is 18.1 Å². The van der Waals surface area contributed by atoms with E-state index < -0.39 is 5.60 Å². The second kappa shape index (κ2) is 10.7. The maximum absolute atomic E-state index is 12.2. The van der Waals surface area contributed by atoms with Gasteiger partial charge in [0.1, 0.15) is 5.60 Å². The molecule has 1 amide bonds. The first-order valence-electron chi connectivity index (χ1n) is 8.88. The number of nitrogens with zero attached hydrogens (tertiary/aromatic N) is 2. The fraction of sp³-hybridized carbons (Fsp3) is 0.882. The van der Waals surface area contributed by atoms with E-state index in [1.165, 1.54) is 18.6 Å². The van der Waals surface area contributed by atoms with Crippen molar-refractivity contribution in [2.75, 3.05) is 38.2 Å². The van der Waals surface area contributed by atoms with Gasteiger partial charge in [-0.2, -0.15) is 11.8 Å². The quantitative estimate of drug-likeness (QED) is 0.564. The van der Waals surface area contributed by atoms with Gasteiger partial charge >= 0.3 is 6.09 Å². The van der Waals surface area contributed by atoms with Crippen molar-refractivity contribution in [1.82, 2.24) is 15.5 Å². The Balaban J connectivity index is 2.40. The molecule has 1 atom stereocenters. The Hall–Kier alpha value is -1.11. The van der Waals surface area contributed by atoms with Crippen LogP contribution in [0.5, 0.6) is 0 Å². The van der Waals surface area contributed by atoms with Crippen molar-refractivity contribution in [1.29, 1.82) is 0 Å². The Bertz CT molecular complexity index is 404. The normalized spacial score (nSPS) is 18.9. The molecule has 7 heteroatoms. The maximum atomic E-state index is 12.2. The lowest BCUT2D eigenvalue weighted by molar-refractivity contribution is 0.0253. The van der Waals surface area contributed by atoms with Crippen LogP contribution in [0.15, 0.2) is 4.99 Å². The van der Waals surface area contributed by atoms with Crippen LogP contribution in [-0.4, -0.2) is 66.8 Å². The molecule has 0 radical (unpaired) electrons. The molecule has 2 N–H and O–H groups in total. The maximum Gasteiger partial charge on any atom is 0.410 e. The number of nitrogens with one attached hydrogen (secondary N) is 2. The first kappa shape index (κ1) is 20.9. The number of guanidine groups is 1. The summed E-state index contributed by atoms with van der Waals surface area (Å²) < 4.78 is 5.47. The highest BCUT2D eigenvalue weighted by Gasteiger charge is 2.21. The number of hydrogen-bond acceptors (Lipinski definition) is 4. The van der Waals surface area contributed by atoms with Crippen LogP contribution in [0.3, 0.4) is 0 Å². The fourth-order valence-electron chi connectivity index (χ4n) is 2.44. The smallest absolute Gasteiger partial charge is 0.410 e. The van der Waals surface area contributed by atoms with Crippen LogP contribution in [0.4, 0.5) is 4.79 Å². The summed E-state index contributed by atoms with van der Waals surface area (Å²) in [6.45, 7) is 9.68. The number of carbonyl (C=O) groups excluding carboxylic acids is 1. The minimum absolute atomic E-state index is 0.252. The number of carbonyl (C=O) groups is 1. The van der Waals surface area contributed by atoms with E-state index in [4.69, 9.17) is 4.74 Å². The largest absolute Gasteiger partial charge is 0.444 e. The summed E-state index contributed by atoms with van der Waals surface area (Å²) in [7, 11) is 1.78. The Kier molecular flexibility index (Phi) is 9.33. The van der Waals surface area contributed by atoms with E-state index in [-0.39, 0.29) is 6.09 Å². The standard InChI is InChI=1S/C17H34N4O2S/c1-6-10-21(16(22)23-17(2,3)4)11-9-19-15(18-5)20-14-8-7-12-24-13-14/h14H,6-13H2,1-5H3,(H2,18,19,20). The van der Waals surface area contributed by atoms with Gasteiger partial charge in [-0.3, -0.25) is 4.99 Å². The number of rotatable bonds is 6. The molecule has 1 rings (SSSR count). The van der Waals surface area contributed by atoms with Gasteiger partial charge in [0, 0.05) is 38.5 Å². The van der Waals surface area contributed by atoms with E-state index >= 15 is 0 Å². The molecule has 1 aliphatic heterocycles. The molecule has 1 saturated heterocycles. The highest BCUT2D eigenvalue weighted by atomic mass is 32.2. The summed E-state index contributed by atoms with van der Waals surface area (Å²) in [6, 6.07) is 0.479. The predicted molar refractivity (Wildman–Crippen MR) is 103 cm³/mol. The number of aliphatic imine (C=N–C) groups is 1. The number of thioether (sulfide) groups is 1. The van der Waals surface area contributed by atoms with Gasteiger partial charge in [-0.25, -0.2) is 4.79 Å². The van der Waals surface area contributed by atoms with Crippen LogP contribution >= 0.6 is 11.8 Å². The van der Waals surface area contributed by atoms with Crippen molar-refractivity contribution in [2.45, 2.75) is 58.6 Å². The molecule has 1 heterocycles. The van der Waals surface area contributed by atoms with Gasteiger partial charge in [-0.1, -0.05) is 6.92 Å². The topological polar surface area (TPSA) is 66.0 Å². The van der Waals surface area contributed by atoms with Crippen LogP contribution in [-0.2, 0) is 4.74 Å². The van der Waals surface area contributed by atoms with E-state index in [0.29, 0.717) is 25.7 Å². The summed E-state index contributed by atoms with van der Waals surface area (Å²) in [6.07, 6.45) is 3.10. The Labute approximate surface area is 151 Å². The summed E-state index contributed by atoms with van der Waals surface area (Å²) >= 11 is 1.99. The zero-order chi connectivity index (χ0) is 18.0. The van der Waals surface area contributed by atoms with Crippen LogP contribution in [0.25, 0.3) is 0 Å². The van der Waals surface area contributed by atoms with Crippen molar-refractivity contribution in [3.8, 4) is 0 Å². The third kappa shape index (κ3) is 8.66. The Morgan fingerprint density at radius 3 is 2.67 bits per heavy atom. The van der Waals surface area contributed by atoms with Crippen molar-refractivity contribution < 1.29 is 9.53 Å². The second-order valence-corrected chi connectivity index (χ2v) is 8.17. The monoisotopic (exact) mass is 358 g/mol. The molecule has 24 heavy (non-hydrogen) atoms. The number of hydrogen-bond donors (Lipinski definition) is 2. The van der Waals surface area contributed by atoms with Gasteiger partial charge in [0.2, 0.25) is 0 Å². The minimum atomic E-state index is -0.466. The molecule has 1 unspecified atom stereocenters. The van der Waals surface area contributed by atoms with E-state index in [1.807, 2.05) is 32.5 Å². The molecule has 140 valence electrons. The van der Waals surface area contributed by atoms with Gasteiger partial charge in [0.05, 0.1) is 0 Å². The highest BCUT2D eigenvalue weighted by molar-refractivity contribution is 7.99. The number of amides is 1. The highest BCUT2D eigenvalue weighted by Crippen LogP contribution is 2.16. The van der Waals surface area contributed by atoms with E-state index in [2.05, 4.69) is 22.5 Å². The van der Waals surface area contributed by atoms with Gasteiger partial charge in [-0.15, -0.1) is 0 Å². The van der Waals surface area contributed by atoms with E-state index in [1.54, 1.807) is 11.9 Å². The minimum Gasteiger partial charge on any atom is -0.444 e. The van der Waals surface area contributed by atoms with Gasteiger partial charge < -0.3 is 20.3 Å². The molecule has 1 fully saturated rings. The fourth-order valence-corrected chi connectivity index (χ4v) is 3.51. The lowest BCUT2D eigenvalue weighted by Gasteiger charge is -2.28. The molecular formula is C17H34N4O2S. The van der Waals surface area contributed by atoms with Crippen molar-refractivity contribution in [2.24, 2.45) is 4.99 Å². The van der Waals surface area contributed by atoms with Gasteiger partial charge in [0.15, 0.2) is 5.96 Å². The molecule has 0 aromatic carbocycles. The van der Waals surface area contributed by atoms with Crippen LogP contribution < -0.4 is 10.6 Å². The Morgan fingerprint density at radius 2 is 2.12 bits per heavy atom. The van der Waals surface area contributed by atoms with Gasteiger partial charge in [-0.05, 0) is 45.8 Å². The molecule has 0 spiro atoms. The van der Waals surface area contributed by atoms with Crippen LogP contribution in [0.1, 0.15) is 47.0 Å². The van der Waals surface area contributed by atoms with Crippen molar-refractivity contribution >= 4 is 23.8 Å². The van der Waals surface area contributed by atoms with E-state index in [9.17, 15) is 4.79 Å². The summed E-state index contributed by atoms with van der Waals surface area (Å²) in [5.74, 6) is 3.19. The third-order valence-electron chi connectivity index (χ3n) is 3.54. The average molecular weight is 359 g/mol. The molecule has 0 aromatic rings. The molecule has 0 bridgehead atoms. The van der Waals surface area contributed by atoms with Crippen LogP contribution in [0, 0.1) is 0 Å². The second-order valence-electron chi connectivity index (χ2n) is 7.02. The average Bonchev–Trinajstić information content (AvgIpc) is 2.52. The third-order valence-corrected chi connectivity index (χ3v) is 4.76. The Morgan fingerprint density at radius 1 is 1.38 bits per heavy atom. The number of ether oxygens (including phenoxy) is 1. The molecule has 1 aliphatic rings. The molecule has 0 saturated carbocycles. The predicted octanol–water partition coefficient (Wildman–Crippen LogP) is 2.69.